The van der Waals surface area contributed by atoms with E-state index in [0.29, 0.717) is 24.4 Å². The van der Waals surface area contributed by atoms with Crippen LogP contribution < -0.4 is 14.4 Å². The fourth-order valence-corrected chi connectivity index (χ4v) is 4.51. The summed E-state index contributed by atoms with van der Waals surface area (Å²) in [4.78, 5) is 27.9. The summed E-state index contributed by atoms with van der Waals surface area (Å²) in [6, 6.07) is 11.7. The minimum absolute atomic E-state index is 0.135. The normalized spacial score (nSPS) is 12.1. The van der Waals surface area contributed by atoms with Gasteiger partial charge in [0.15, 0.2) is 0 Å². The van der Waals surface area contributed by atoms with E-state index in [-0.39, 0.29) is 12.5 Å². The lowest BCUT2D eigenvalue weighted by molar-refractivity contribution is -0.140. The molecule has 1 atom stereocenters. The highest BCUT2D eigenvalue weighted by atomic mass is 32.2. The first kappa shape index (κ1) is 27.2. The average molecular weight is 490 g/mol. The molecule has 2 aromatic rings. The van der Waals surface area contributed by atoms with Gasteiger partial charge in [-0.1, -0.05) is 25.1 Å². The number of carbonyl (C=O) groups excluding carboxylic acids is 2. The smallest absolute Gasteiger partial charge is 0.244 e. The number of hydrogen-bond acceptors (Lipinski definition) is 5. The molecule has 0 unspecified atom stereocenters. The summed E-state index contributed by atoms with van der Waals surface area (Å²) in [5.74, 6) is -0.119. The van der Waals surface area contributed by atoms with Crippen LogP contribution in [0.25, 0.3) is 0 Å². The summed E-state index contributed by atoms with van der Waals surface area (Å²) >= 11 is 0. The summed E-state index contributed by atoms with van der Waals surface area (Å²) < 4.78 is 31.7. The summed E-state index contributed by atoms with van der Waals surface area (Å²) in [5.41, 5.74) is 3.12. The van der Waals surface area contributed by atoms with E-state index in [1.54, 1.807) is 31.4 Å². The zero-order chi connectivity index (χ0) is 25.5. The van der Waals surface area contributed by atoms with E-state index in [4.69, 9.17) is 4.74 Å². The number of benzene rings is 2. The van der Waals surface area contributed by atoms with Crippen LogP contribution in [0.3, 0.4) is 0 Å². The number of aryl methyl sites for hydroxylation is 2. The number of amides is 2. The molecule has 1 N–H and O–H groups in total. The van der Waals surface area contributed by atoms with Crippen LogP contribution in [-0.2, 0) is 26.2 Å². The molecule has 0 aromatic heterocycles. The number of methoxy groups -OCH3 is 1. The van der Waals surface area contributed by atoms with Crippen molar-refractivity contribution < 1.29 is 22.7 Å². The van der Waals surface area contributed by atoms with Crippen LogP contribution >= 0.6 is 0 Å². The Balaban J connectivity index is 2.46. The van der Waals surface area contributed by atoms with Gasteiger partial charge in [0, 0.05) is 13.1 Å². The maximum Gasteiger partial charge on any atom is 0.244 e. The topological polar surface area (TPSA) is 96.0 Å². The van der Waals surface area contributed by atoms with Crippen LogP contribution in [0.4, 0.5) is 5.69 Å². The Hall–Kier alpha value is -3.07. The van der Waals surface area contributed by atoms with Gasteiger partial charge in [0.2, 0.25) is 21.8 Å². The van der Waals surface area contributed by atoms with Crippen LogP contribution in [-0.4, -0.2) is 57.6 Å². The van der Waals surface area contributed by atoms with Crippen molar-refractivity contribution in [1.82, 2.24) is 10.2 Å². The van der Waals surface area contributed by atoms with E-state index in [0.717, 1.165) is 27.3 Å². The van der Waals surface area contributed by atoms with Gasteiger partial charge in [-0.05, 0) is 68.1 Å². The molecule has 0 spiro atoms. The quantitative estimate of drug-likeness (QED) is 0.523. The summed E-state index contributed by atoms with van der Waals surface area (Å²) in [6.45, 7) is 7.60. The Morgan fingerprint density at radius 3 is 2.32 bits per heavy atom. The predicted octanol–water partition coefficient (Wildman–Crippen LogP) is 3.02. The number of likely N-dealkylation sites (N-methyl/N-ethyl adjacent to an activating group) is 1. The SMILES string of the molecule is CCNC(=O)[C@H](CC)N(Cc1cccc(OC)c1)C(=O)CN(c1ccc(C)c(C)c1)S(C)(=O)=O. The maximum absolute atomic E-state index is 13.6. The molecule has 0 saturated carbocycles. The number of sulfonamides is 1. The Kier molecular flexibility index (Phi) is 9.49. The van der Waals surface area contributed by atoms with Crippen LogP contribution in [0.15, 0.2) is 42.5 Å². The van der Waals surface area contributed by atoms with Crippen LogP contribution in [0.1, 0.15) is 37.0 Å². The predicted molar refractivity (Wildman–Crippen MR) is 134 cm³/mol. The van der Waals surface area contributed by atoms with Crippen molar-refractivity contribution in [2.45, 2.75) is 46.7 Å². The number of carbonyl (C=O) groups is 2. The molecule has 0 aliphatic heterocycles. The second-order valence-corrected chi connectivity index (χ2v) is 10.1. The molecule has 2 rings (SSSR count). The highest BCUT2D eigenvalue weighted by molar-refractivity contribution is 7.92. The van der Waals surface area contributed by atoms with Gasteiger partial charge < -0.3 is 15.0 Å². The molecule has 2 amide bonds. The molecular weight excluding hydrogens is 454 g/mol. The highest BCUT2D eigenvalue weighted by Gasteiger charge is 2.31. The van der Waals surface area contributed by atoms with Gasteiger partial charge in [-0.2, -0.15) is 0 Å². The molecular formula is C25H35N3O5S. The zero-order valence-corrected chi connectivity index (χ0v) is 21.6. The standard InChI is InChI=1S/C25H35N3O5S/c1-7-23(25(30)26-8-2)27(16-20-10-9-11-22(15-20)33-5)24(29)17-28(34(6,31)32)21-13-12-18(3)19(4)14-21/h9-15,23H,7-8,16-17H2,1-6H3,(H,26,30)/t23-/m0/s1. The first-order valence-corrected chi connectivity index (χ1v) is 13.1. The lowest BCUT2D eigenvalue weighted by Crippen LogP contribution is -2.52. The fraction of sp³-hybridized carbons (Fsp3) is 0.440. The van der Waals surface area contributed by atoms with Gasteiger partial charge in [-0.3, -0.25) is 13.9 Å². The summed E-state index contributed by atoms with van der Waals surface area (Å²) in [6.07, 6.45) is 1.45. The minimum atomic E-state index is -3.76. The number of hydrogen-bond donors (Lipinski definition) is 1. The van der Waals surface area contributed by atoms with Gasteiger partial charge >= 0.3 is 0 Å². The molecule has 0 heterocycles. The molecule has 34 heavy (non-hydrogen) atoms. The Labute approximate surface area is 202 Å². The third kappa shape index (κ3) is 6.96. The number of rotatable bonds is 11. The van der Waals surface area contributed by atoms with Crippen molar-refractivity contribution in [3.8, 4) is 5.75 Å². The molecule has 2 aromatic carbocycles. The monoisotopic (exact) mass is 489 g/mol. The largest absolute Gasteiger partial charge is 0.497 e. The van der Waals surface area contributed by atoms with Crippen LogP contribution in [0.5, 0.6) is 5.75 Å². The van der Waals surface area contributed by atoms with E-state index < -0.39 is 28.5 Å². The van der Waals surface area contributed by atoms with Gasteiger partial charge in [-0.25, -0.2) is 8.42 Å². The van der Waals surface area contributed by atoms with E-state index >= 15 is 0 Å². The molecule has 0 radical (unpaired) electrons. The van der Waals surface area contributed by atoms with E-state index in [1.165, 1.54) is 4.90 Å². The van der Waals surface area contributed by atoms with Crippen molar-refractivity contribution in [1.29, 1.82) is 0 Å². The lowest BCUT2D eigenvalue weighted by Gasteiger charge is -2.33. The average Bonchev–Trinajstić information content (AvgIpc) is 2.78. The maximum atomic E-state index is 13.6. The minimum Gasteiger partial charge on any atom is -0.497 e. The number of nitrogens with one attached hydrogen (secondary N) is 1. The molecule has 0 aliphatic rings. The summed E-state index contributed by atoms with van der Waals surface area (Å²) in [7, 11) is -2.20. The molecule has 9 heteroatoms. The molecule has 0 fully saturated rings. The van der Waals surface area contributed by atoms with Crippen molar-refractivity contribution in [3.63, 3.8) is 0 Å². The van der Waals surface area contributed by atoms with Crippen molar-refractivity contribution in [2.75, 3.05) is 30.8 Å². The number of nitrogens with zero attached hydrogens (tertiary/aromatic N) is 2. The molecule has 8 nitrogen and oxygen atoms in total. The molecule has 186 valence electrons. The third-order valence-corrected chi connectivity index (χ3v) is 6.82. The molecule has 0 bridgehead atoms. The lowest BCUT2D eigenvalue weighted by atomic mass is 10.1. The Bertz CT molecular complexity index is 1120. The van der Waals surface area contributed by atoms with E-state index in [2.05, 4.69) is 5.32 Å². The number of anilines is 1. The highest BCUT2D eigenvalue weighted by Crippen LogP contribution is 2.23. The van der Waals surface area contributed by atoms with Crippen LogP contribution in [0.2, 0.25) is 0 Å². The first-order chi connectivity index (χ1) is 16.0. The Morgan fingerprint density at radius 1 is 1.06 bits per heavy atom. The fourth-order valence-electron chi connectivity index (χ4n) is 3.67. The van der Waals surface area contributed by atoms with Crippen molar-refractivity contribution in [3.05, 3.63) is 59.2 Å². The van der Waals surface area contributed by atoms with Gasteiger partial charge in [-0.15, -0.1) is 0 Å². The number of ether oxygens (including phenoxy) is 1. The molecule has 0 saturated heterocycles. The third-order valence-electron chi connectivity index (χ3n) is 5.68. The summed E-state index contributed by atoms with van der Waals surface area (Å²) in [5, 5.41) is 2.78. The van der Waals surface area contributed by atoms with Gasteiger partial charge in [0.05, 0.1) is 19.1 Å². The molecule has 0 aliphatic carbocycles. The van der Waals surface area contributed by atoms with Gasteiger partial charge in [0.25, 0.3) is 0 Å². The second kappa shape index (κ2) is 11.9. The van der Waals surface area contributed by atoms with Crippen LogP contribution in [0, 0.1) is 13.8 Å². The zero-order valence-electron chi connectivity index (χ0n) is 20.8. The van der Waals surface area contributed by atoms with E-state index in [1.807, 2.05) is 45.9 Å². The first-order valence-electron chi connectivity index (χ1n) is 11.3. The van der Waals surface area contributed by atoms with Gasteiger partial charge in [0.1, 0.15) is 18.3 Å². The van der Waals surface area contributed by atoms with Crippen molar-refractivity contribution >= 4 is 27.5 Å². The van der Waals surface area contributed by atoms with E-state index in [9.17, 15) is 18.0 Å². The Morgan fingerprint density at radius 2 is 1.76 bits per heavy atom. The van der Waals surface area contributed by atoms with Crippen molar-refractivity contribution in [2.24, 2.45) is 0 Å². The second-order valence-electron chi connectivity index (χ2n) is 8.23.